The first-order valence-electron chi connectivity index (χ1n) is 12.1. The van der Waals surface area contributed by atoms with Crippen molar-refractivity contribution < 1.29 is 18.4 Å². The van der Waals surface area contributed by atoms with Crippen molar-refractivity contribution in [1.29, 1.82) is 0 Å². The van der Waals surface area contributed by atoms with E-state index in [1.807, 2.05) is 48.5 Å². The molecule has 3 heterocycles. The molecular formula is C28H27N5O4. The Bertz CT molecular complexity index is 1500. The van der Waals surface area contributed by atoms with Crippen LogP contribution in [0.2, 0.25) is 0 Å². The molecule has 37 heavy (non-hydrogen) atoms. The van der Waals surface area contributed by atoms with Crippen LogP contribution in [0.3, 0.4) is 0 Å². The maximum Gasteiger partial charge on any atom is 0.251 e. The quantitative estimate of drug-likeness (QED) is 0.320. The molecule has 2 aromatic carbocycles. The molecule has 9 heteroatoms. The highest BCUT2D eigenvalue weighted by atomic mass is 16.3. The summed E-state index contributed by atoms with van der Waals surface area (Å²) >= 11 is 0. The van der Waals surface area contributed by atoms with Crippen molar-refractivity contribution in [1.82, 2.24) is 20.3 Å². The van der Waals surface area contributed by atoms with Crippen LogP contribution in [0, 0.1) is 6.92 Å². The van der Waals surface area contributed by atoms with Gasteiger partial charge in [0.1, 0.15) is 29.3 Å². The Morgan fingerprint density at radius 1 is 1.03 bits per heavy atom. The topological polar surface area (TPSA) is 106 Å². The second kappa shape index (κ2) is 10.5. The van der Waals surface area contributed by atoms with Crippen molar-refractivity contribution in [3.8, 4) is 0 Å². The van der Waals surface area contributed by atoms with E-state index in [1.165, 1.54) is 9.58 Å². The van der Waals surface area contributed by atoms with E-state index in [0.717, 1.165) is 17.5 Å². The molecule has 0 aliphatic carbocycles. The molecule has 0 bridgehead atoms. The summed E-state index contributed by atoms with van der Waals surface area (Å²) in [6, 6.07) is 21.0. The van der Waals surface area contributed by atoms with Crippen LogP contribution in [-0.2, 0) is 29.1 Å². The smallest absolute Gasteiger partial charge is 0.251 e. The minimum absolute atomic E-state index is 0.113. The first-order valence-corrected chi connectivity index (χ1v) is 12.1. The van der Waals surface area contributed by atoms with Crippen LogP contribution in [0.4, 0.5) is 5.69 Å². The lowest BCUT2D eigenvalue weighted by Gasteiger charge is -2.30. The van der Waals surface area contributed by atoms with E-state index in [4.69, 9.17) is 8.83 Å². The molecule has 0 aliphatic heterocycles. The van der Waals surface area contributed by atoms with Crippen LogP contribution >= 0.6 is 0 Å². The molecule has 0 aliphatic rings. The summed E-state index contributed by atoms with van der Waals surface area (Å²) in [5.74, 6) is 0.844. The van der Waals surface area contributed by atoms with Crippen molar-refractivity contribution in [3.63, 3.8) is 0 Å². The number of hydrogen-bond acceptors (Lipinski definition) is 6. The zero-order valence-corrected chi connectivity index (χ0v) is 20.6. The average Bonchev–Trinajstić information content (AvgIpc) is 3.68. The number of nitrogens with one attached hydrogen (secondary N) is 1. The van der Waals surface area contributed by atoms with Crippen LogP contribution in [0.25, 0.3) is 11.0 Å². The Kier molecular flexibility index (Phi) is 6.85. The number of aromatic nitrogens is 3. The maximum absolute atomic E-state index is 14.0. The second-order valence-corrected chi connectivity index (χ2v) is 8.67. The summed E-state index contributed by atoms with van der Waals surface area (Å²) in [4.78, 5) is 29.1. The van der Waals surface area contributed by atoms with E-state index in [2.05, 4.69) is 22.6 Å². The number of nitrogens with zero attached hydrogens (tertiary/aromatic N) is 4. The molecule has 5 aromatic rings. The second-order valence-electron chi connectivity index (χ2n) is 8.67. The summed E-state index contributed by atoms with van der Waals surface area (Å²) in [5, 5.41) is 11.2. The van der Waals surface area contributed by atoms with E-state index in [0.29, 0.717) is 28.5 Å². The normalized spacial score (nSPS) is 11.9. The van der Waals surface area contributed by atoms with Gasteiger partial charge in [-0.2, -0.15) is 0 Å². The van der Waals surface area contributed by atoms with Crippen LogP contribution < -0.4 is 10.2 Å². The van der Waals surface area contributed by atoms with Crippen molar-refractivity contribution in [2.75, 3.05) is 4.90 Å². The number of hydrogen-bond donors (Lipinski definition) is 1. The van der Waals surface area contributed by atoms with Crippen molar-refractivity contribution in [2.24, 2.45) is 0 Å². The summed E-state index contributed by atoms with van der Waals surface area (Å²) in [7, 11) is 0. The number of rotatable bonds is 9. The Labute approximate surface area is 213 Å². The monoisotopic (exact) mass is 497 g/mol. The van der Waals surface area contributed by atoms with Crippen LogP contribution in [-0.4, -0.2) is 26.8 Å². The lowest BCUT2D eigenvalue weighted by atomic mass is 10.1. The first kappa shape index (κ1) is 24.1. The third kappa shape index (κ3) is 5.16. The van der Waals surface area contributed by atoms with Gasteiger partial charge in [-0.15, -0.1) is 5.10 Å². The Morgan fingerprint density at radius 2 is 1.84 bits per heavy atom. The standard InChI is InChI=1S/C28H27N5O4/c1-3-20-11-13-21(14-12-20)33(26(34)18-32-24-9-5-4-8-23(24)30-31-32)27(25-15-10-19(2)37-25)28(35)29-17-22-7-6-16-36-22/h4-16,27H,3,17-18H2,1-2H3,(H,29,35)/t27-/m0/s1. The van der Waals surface area contributed by atoms with Gasteiger partial charge in [-0.05, 0) is 67.4 Å². The fourth-order valence-corrected chi connectivity index (χ4v) is 4.23. The van der Waals surface area contributed by atoms with Gasteiger partial charge in [0.2, 0.25) is 5.91 Å². The largest absolute Gasteiger partial charge is 0.467 e. The third-order valence-electron chi connectivity index (χ3n) is 6.15. The Balaban J connectivity index is 1.54. The molecule has 9 nitrogen and oxygen atoms in total. The Morgan fingerprint density at radius 3 is 2.54 bits per heavy atom. The van der Waals surface area contributed by atoms with Gasteiger partial charge in [0, 0.05) is 5.69 Å². The van der Waals surface area contributed by atoms with Gasteiger partial charge >= 0.3 is 0 Å². The summed E-state index contributed by atoms with van der Waals surface area (Å²) in [6.07, 6.45) is 2.39. The molecule has 188 valence electrons. The molecule has 2 amide bonds. The summed E-state index contributed by atoms with van der Waals surface area (Å²) < 4.78 is 12.8. The van der Waals surface area contributed by atoms with Gasteiger partial charge in [-0.1, -0.05) is 36.4 Å². The van der Waals surface area contributed by atoms with E-state index >= 15 is 0 Å². The molecule has 0 saturated carbocycles. The highest BCUT2D eigenvalue weighted by Gasteiger charge is 2.35. The van der Waals surface area contributed by atoms with Crippen LogP contribution in [0.15, 0.2) is 87.9 Å². The van der Waals surface area contributed by atoms with Crippen LogP contribution in [0.1, 0.15) is 35.8 Å². The molecule has 0 fully saturated rings. The zero-order valence-electron chi connectivity index (χ0n) is 20.6. The summed E-state index contributed by atoms with van der Waals surface area (Å²) in [6.45, 7) is 3.92. The molecule has 0 unspecified atom stereocenters. The van der Waals surface area contributed by atoms with Crippen molar-refractivity contribution in [2.45, 2.75) is 39.4 Å². The lowest BCUT2D eigenvalue weighted by Crippen LogP contribution is -2.45. The molecule has 1 atom stereocenters. The van der Waals surface area contributed by atoms with E-state index in [1.54, 1.807) is 37.5 Å². The van der Waals surface area contributed by atoms with E-state index in [-0.39, 0.29) is 19.0 Å². The predicted octanol–water partition coefficient (Wildman–Crippen LogP) is 4.58. The average molecular weight is 498 g/mol. The molecular weight excluding hydrogens is 470 g/mol. The third-order valence-corrected chi connectivity index (χ3v) is 6.15. The minimum Gasteiger partial charge on any atom is -0.467 e. The Hall–Kier alpha value is -4.66. The SMILES string of the molecule is CCc1ccc(N(C(=O)Cn2nnc3ccccc32)[C@H](C(=O)NCc2ccco2)c2ccc(C)o2)cc1. The van der Waals surface area contributed by atoms with Crippen LogP contribution in [0.5, 0.6) is 0 Å². The van der Waals surface area contributed by atoms with Gasteiger partial charge in [-0.3, -0.25) is 14.5 Å². The number of para-hydroxylation sites is 1. The van der Waals surface area contributed by atoms with Gasteiger partial charge in [0.15, 0.2) is 6.04 Å². The first-order chi connectivity index (χ1) is 18.0. The van der Waals surface area contributed by atoms with Gasteiger partial charge < -0.3 is 14.2 Å². The zero-order chi connectivity index (χ0) is 25.8. The number of carbonyl (C=O) groups is 2. The number of amides is 2. The van der Waals surface area contributed by atoms with Gasteiger partial charge in [0.25, 0.3) is 5.91 Å². The fraction of sp³-hybridized carbons (Fsp3) is 0.214. The number of fused-ring (bicyclic) bond motifs is 1. The molecule has 0 radical (unpaired) electrons. The maximum atomic E-state index is 14.0. The molecule has 1 N–H and O–H groups in total. The number of benzene rings is 2. The molecule has 0 saturated heterocycles. The predicted molar refractivity (Wildman–Crippen MR) is 138 cm³/mol. The van der Waals surface area contributed by atoms with Gasteiger partial charge in [-0.25, -0.2) is 4.68 Å². The van der Waals surface area contributed by atoms with Gasteiger partial charge in [0.05, 0.1) is 18.3 Å². The fourth-order valence-electron chi connectivity index (χ4n) is 4.23. The minimum atomic E-state index is -1.06. The number of carbonyl (C=O) groups excluding carboxylic acids is 2. The van der Waals surface area contributed by atoms with E-state index in [9.17, 15) is 9.59 Å². The van der Waals surface area contributed by atoms with E-state index < -0.39 is 11.9 Å². The summed E-state index contributed by atoms with van der Waals surface area (Å²) in [5.41, 5.74) is 3.10. The van der Waals surface area contributed by atoms with Crippen molar-refractivity contribution >= 4 is 28.5 Å². The lowest BCUT2D eigenvalue weighted by molar-refractivity contribution is -0.127. The molecule has 5 rings (SSSR count). The number of aryl methyl sites for hydroxylation is 2. The highest BCUT2D eigenvalue weighted by molar-refractivity contribution is 6.01. The highest BCUT2D eigenvalue weighted by Crippen LogP contribution is 2.30. The number of anilines is 1. The van der Waals surface area contributed by atoms with Crippen molar-refractivity contribution in [3.05, 3.63) is 102 Å². The molecule has 0 spiro atoms. The number of furan rings is 2. The molecule has 3 aromatic heterocycles.